The van der Waals surface area contributed by atoms with Crippen LogP contribution in [0.5, 0.6) is 11.5 Å². The van der Waals surface area contributed by atoms with Crippen LogP contribution in [0.15, 0.2) is 60.4 Å². The highest BCUT2D eigenvalue weighted by Crippen LogP contribution is 2.45. The van der Waals surface area contributed by atoms with Crippen LogP contribution in [0.25, 0.3) is 6.08 Å². The Balaban J connectivity index is 2.08. The van der Waals surface area contributed by atoms with E-state index in [4.69, 9.17) is 13.9 Å². The molecule has 0 spiro atoms. The average Bonchev–Trinajstić information content (AvgIpc) is 3.41. The molecule has 7 nitrogen and oxygen atoms in total. The van der Waals surface area contributed by atoms with E-state index in [2.05, 4.69) is 75.4 Å². The maximum Gasteiger partial charge on any atom is 0.331 e. The molecule has 2 atom stereocenters. The highest BCUT2D eigenvalue weighted by molar-refractivity contribution is 6.74. The quantitative estimate of drug-likeness (QED) is 0.138. The summed E-state index contributed by atoms with van der Waals surface area (Å²) in [5.41, 5.74) is 4.43. The molecule has 1 aromatic heterocycles. The topological polar surface area (TPSA) is 82.8 Å². The SMILES string of the molecule is CC/C(=C\c1cnn(C[C@@H](CCCc2ccccc2)C(O[Si](C)(C)C(C)(C)C)c2cc(OC)c(C)c(OC)c2)c1)C(=O)O. The zero-order chi connectivity index (χ0) is 31.8. The molecule has 3 rings (SSSR count). The highest BCUT2D eigenvalue weighted by Gasteiger charge is 2.41. The van der Waals surface area contributed by atoms with E-state index in [0.717, 1.165) is 47.5 Å². The van der Waals surface area contributed by atoms with E-state index < -0.39 is 14.3 Å². The number of hydrogen-bond acceptors (Lipinski definition) is 5. The normalized spacial score (nSPS) is 13.9. The molecule has 1 N–H and O–H groups in total. The Kier molecular flexibility index (Phi) is 11.8. The first-order valence-corrected chi connectivity index (χ1v) is 18.1. The highest BCUT2D eigenvalue weighted by atomic mass is 28.4. The summed E-state index contributed by atoms with van der Waals surface area (Å²) in [6.45, 7) is 15.8. The van der Waals surface area contributed by atoms with Crippen molar-refractivity contribution in [3.63, 3.8) is 0 Å². The third kappa shape index (κ3) is 9.07. The number of nitrogens with zero attached hydrogens (tertiary/aromatic N) is 2. The molecular formula is C35H50N2O5Si. The van der Waals surface area contributed by atoms with E-state index in [1.54, 1.807) is 26.5 Å². The molecule has 1 unspecified atom stereocenters. The Morgan fingerprint density at radius 2 is 1.72 bits per heavy atom. The lowest BCUT2D eigenvalue weighted by atomic mass is 9.89. The summed E-state index contributed by atoms with van der Waals surface area (Å²) in [6.07, 6.45) is 8.46. The number of ether oxygens (including phenoxy) is 2. The Bertz CT molecular complexity index is 1350. The predicted octanol–water partition coefficient (Wildman–Crippen LogP) is 8.49. The average molecular weight is 607 g/mol. The molecule has 0 aliphatic carbocycles. The summed E-state index contributed by atoms with van der Waals surface area (Å²) < 4.78 is 20.8. The Morgan fingerprint density at radius 1 is 1.09 bits per heavy atom. The van der Waals surface area contributed by atoms with Gasteiger partial charge in [-0.25, -0.2) is 4.79 Å². The van der Waals surface area contributed by atoms with Crippen molar-refractivity contribution in [1.29, 1.82) is 0 Å². The summed E-state index contributed by atoms with van der Waals surface area (Å²) in [5.74, 6) is 0.720. The molecule has 8 heteroatoms. The Labute approximate surface area is 259 Å². The second kappa shape index (κ2) is 14.9. The minimum absolute atomic E-state index is 0.00968. The van der Waals surface area contributed by atoms with Gasteiger partial charge < -0.3 is 19.0 Å². The third-order valence-electron chi connectivity index (χ3n) is 8.71. The van der Waals surface area contributed by atoms with Crippen molar-refractivity contribution in [2.45, 2.75) is 91.1 Å². The molecular weight excluding hydrogens is 556 g/mol. The van der Waals surface area contributed by atoms with E-state index >= 15 is 0 Å². The van der Waals surface area contributed by atoms with Crippen LogP contribution < -0.4 is 9.47 Å². The second-order valence-corrected chi connectivity index (χ2v) is 17.6. The molecule has 234 valence electrons. The van der Waals surface area contributed by atoms with Crippen molar-refractivity contribution >= 4 is 20.4 Å². The maximum atomic E-state index is 11.6. The molecule has 0 saturated heterocycles. The molecule has 0 amide bonds. The smallest absolute Gasteiger partial charge is 0.331 e. The van der Waals surface area contributed by atoms with Crippen LogP contribution >= 0.6 is 0 Å². The molecule has 3 aromatic rings. The van der Waals surface area contributed by atoms with Crippen LogP contribution in [-0.2, 0) is 22.2 Å². The standard InChI is InChI=1S/C35H50N2O5Si/c1-10-28(34(38)39)19-27-22-36-37(23-27)24-29(18-14-17-26-15-12-11-13-16-26)33(42-43(8,9)35(3,4)5)30-20-31(40-6)25(2)32(21-30)41-7/h11-13,15-16,19-23,29,33H,10,14,17-18,24H2,1-9H3,(H,38,39)/b28-19+/t29-,33?/m1/s1. The molecule has 43 heavy (non-hydrogen) atoms. The van der Waals surface area contributed by atoms with E-state index in [1.165, 1.54) is 5.56 Å². The van der Waals surface area contributed by atoms with Gasteiger partial charge >= 0.3 is 5.97 Å². The lowest BCUT2D eigenvalue weighted by Crippen LogP contribution is -2.43. The third-order valence-corrected chi connectivity index (χ3v) is 13.2. The number of aromatic nitrogens is 2. The summed E-state index contributed by atoms with van der Waals surface area (Å²) in [7, 11) is 1.15. The minimum atomic E-state index is -2.22. The van der Waals surface area contributed by atoms with E-state index in [9.17, 15) is 9.90 Å². The molecule has 2 aromatic carbocycles. The van der Waals surface area contributed by atoms with Crippen molar-refractivity contribution in [3.8, 4) is 11.5 Å². The summed E-state index contributed by atoms with van der Waals surface area (Å²) in [5, 5.41) is 14.2. The van der Waals surface area contributed by atoms with Crippen molar-refractivity contribution in [3.05, 3.63) is 82.7 Å². The first-order chi connectivity index (χ1) is 20.3. The predicted molar refractivity (Wildman–Crippen MR) is 176 cm³/mol. The molecule has 0 fully saturated rings. The zero-order valence-corrected chi connectivity index (χ0v) is 28.4. The van der Waals surface area contributed by atoms with E-state index in [1.807, 2.05) is 30.8 Å². The van der Waals surface area contributed by atoms with Gasteiger partial charge in [0, 0.05) is 35.4 Å². The second-order valence-electron chi connectivity index (χ2n) is 12.8. The largest absolute Gasteiger partial charge is 0.496 e. The molecule has 0 aliphatic rings. The zero-order valence-electron chi connectivity index (χ0n) is 27.4. The van der Waals surface area contributed by atoms with E-state index in [0.29, 0.717) is 18.5 Å². The van der Waals surface area contributed by atoms with Crippen molar-refractivity contribution in [1.82, 2.24) is 9.78 Å². The van der Waals surface area contributed by atoms with Crippen molar-refractivity contribution in [2.24, 2.45) is 5.92 Å². The first-order valence-electron chi connectivity index (χ1n) is 15.2. The molecule has 0 radical (unpaired) electrons. The van der Waals surface area contributed by atoms with Gasteiger partial charge in [0.25, 0.3) is 0 Å². The van der Waals surface area contributed by atoms with Gasteiger partial charge in [0.1, 0.15) is 11.5 Å². The number of carboxylic acid groups (broad SMARTS) is 1. The van der Waals surface area contributed by atoms with Crippen molar-refractivity contribution in [2.75, 3.05) is 14.2 Å². The van der Waals surface area contributed by atoms with Crippen LogP contribution in [0.3, 0.4) is 0 Å². The van der Waals surface area contributed by atoms with Gasteiger partial charge in [-0.15, -0.1) is 0 Å². The number of rotatable bonds is 15. The number of aryl methyl sites for hydroxylation is 1. The fraction of sp³-hybridized carbons (Fsp3) is 0.486. The van der Waals surface area contributed by atoms with Crippen LogP contribution in [0.1, 0.15) is 75.3 Å². The monoisotopic (exact) mass is 606 g/mol. The van der Waals surface area contributed by atoms with E-state index in [-0.39, 0.29) is 17.1 Å². The number of carbonyl (C=O) groups is 1. The number of carboxylic acids is 1. The minimum Gasteiger partial charge on any atom is -0.496 e. The summed E-state index contributed by atoms with van der Waals surface area (Å²) >= 11 is 0. The van der Waals surface area contributed by atoms with Crippen molar-refractivity contribution < 1.29 is 23.8 Å². The van der Waals surface area contributed by atoms with Gasteiger partial charge in [-0.1, -0.05) is 58.0 Å². The molecule has 1 heterocycles. The number of aliphatic carboxylic acids is 1. The first kappa shape index (κ1) is 34.1. The van der Waals surface area contributed by atoms with Crippen LogP contribution in [0.4, 0.5) is 0 Å². The van der Waals surface area contributed by atoms with Crippen LogP contribution in [0, 0.1) is 12.8 Å². The Morgan fingerprint density at radius 3 is 2.26 bits per heavy atom. The van der Waals surface area contributed by atoms with Gasteiger partial charge in [0.2, 0.25) is 0 Å². The number of hydrogen-bond donors (Lipinski definition) is 1. The molecule has 0 saturated carbocycles. The van der Waals surface area contributed by atoms with Crippen LogP contribution in [-0.4, -0.2) is 43.4 Å². The van der Waals surface area contributed by atoms with Crippen LogP contribution in [0.2, 0.25) is 18.1 Å². The summed E-state index contributed by atoms with van der Waals surface area (Å²) in [6, 6.07) is 14.8. The molecule has 0 aliphatic heterocycles. The van der Waals surface area contributed by atoms with Gasteiger partial charge in [0.15, 0.2) is 8.32 Å². The molecule has 0 bridgehead atoms. The van der Waals surface area contributed by atoms with Gasteiger partial charge in [-0.3, -0.25) is 4.68 Å². The fourth-order valence-corrected chi connectivity index (χ4v) is 6.38. The lowest BCUT2D eigenvalue weighted by Gasteiger charge is -2.42. The lowest BCUT2D eigenvalue weighted by molar-refractivity contribution is -0.132. The summed E-state index contributed by atoms with van der Waals surface area (Å²) in [4.78, 5) is 11.6. The maximum absolute atomic E-state index is 11.6. The number of benzene rings is 2. The van der Waals surface area contributed by atoms with Gasteiger partial charge in [-0.05, 0) is 80.1 Å². The Hall–Kier alpha value is -3.36. The van der Waals surface area contributed by atoms with Gasteiger partial charge in [-0.2, -0.15) is 5.10 Å². The fourth-order valence-electron chi connectivity index (χ4n) is 5.06. The van der Waals surface area contributed by atoms with Gasteiger partial charge in [0.05, 0.1) is 26.5 Å². The number of methoxy groups -OCH3 is 2.